The number of aryl methyl sites for hydroxylation is 1. The van der Waals surface area contributed by atoms with Crippen molar-refractivity contribution in [1.82, 2.24) is 0 Å². The molecule has 2 rings (SSSR count). The van der Waals surface area contributed by atoms with E-state index in [2.05, 4.69) is 5.32 Å². The van der Waals surface area contributed by atoms with Crippen LogP contribution in [0.5, 0.6) is 0 Å². The lowest BCUT2D eigenvalue weighted by Gasteiger charge is -2.13. The van der Waals surface area contributed by atoms with E-state index in [0.717, 1.165) is 0 Å². The average Bonchev–Trinajstić information content (AvgIpc) is 2.38. The molecule has 0 fully saturated rings. The maximum atomic E-state index is 13.5. The fourth-order valence-corrected chi connectivity index (χ4v) is 1.82. The third kappa shape index (κ3) is 2.51. The summed E-state index contributed by atoms with van der Waals surface area (Å²) < 4.78 is 53.3. The van der Waals surface area contributed by atoms with Crippen molar-refractivity contribution in [2.75, 3.05) is 11.1 Å². The van der Waals surface area contributed by atoms with Crippen LogP contribution in [0.4, 0.5) is 34.6 Å². The lowest BCUT2D eigenvalue weighted by atomic mass is 10.1. The van der Waals surface area contributed by atoms with Crippen LogP contribution in [0.3, 0.4) is 0 Å². The first-order chi connectivity index (χ1) is 9.31. The van der Waals surface area contributed by atoms with E-state index in [1.54, 1.807) is 6.92 Å². The SMILES string of the molecule is Cc1cc(N)c(Cl)cc1Nc1c(F)c(F)cc(F)c1F. The second-order valence-corrected chi connectivity index (χ2v) is 4.56. The molecule has 0 aliphatic rings. The van der Waals surface area contributed by atoms with Crippen molar-refractivity contribution in [1.29, 1.82) is 0 Å². The third-order valence-corrected chi connectivity index (χ3v) is 3.04. The van der Waals surface area contributed by atoms with Crippen LogP contribution in [-0.2, 0) is 0 Å². The molecule has 0 radical (unpaired) electrons. The summed E-state index contributed by atoms with van der Waals surface area (Å²) in [6, 6.07) is 2.92. The molecule has 2 aromatic rings. The van der Waals surface area contributed by atoms with Crippen molar-refractivity contribution < 1.29 is 17.6 Å². The smallest absolute Gasteiger partial charge is 0.185 e. The Morgan fingerprint density at radius 3 is 2.10 bits per heavy atom. The molecule has 20 heavy (non-hydrogen) atoms. The highest BCUT2D eigenvalue weighted by molar-refractivity contribution is 6.33. The molecule has 0 heterocycles. The standard InChI is InChI=1S/C13H9ClF4N2/c1-5-2-9(19)6(14)3-10(5)20-13-11(17)7(15)4-8(16)12(13)18/h2-4,20H,19H2,1H3. The van der Waals surface area contributed by atoms with Gasteiger partial charge in [0.2, 0.25) is 0 Å². The summed E-state index contributed by atoms with van der Waals surface area (Å²) in [6.45, 7) is 1.60. The number of hydrogen-bond donors (Lipinski definition) is 2. The number of hydrogen-bond acceptors (Lipinski definition) is 2. The Labute approximate surface area is 117 Å². The molecular weight excluding hydrogens is 296 g/mol. The molecular formula is C13H9ClF4N2. The zero-order valence-corrected chi connectivity index (χ0v) is 11.0. The van der Waals surface area contributed by atoms with E-state index in [9.17, 15) is 17.6 Å². The molecule has 3 N–H and O–H groups in total. The van der Waals surface area contributed by atoms with Crippen LogP contribution in [0.1, 0.15) is 5.56 Å². The molecule has 106 valence electrons. The van der Waals surface area contributed by atoms with Crippen LogP contribution in [-0.4, -0.2) is 0 Å². The van der Waals surface area contributed by atoms with Crippen LogP contribution in [0.25, 0.3) is 0 Å². The lowest BCUT2D eigenvalue weighted by Crippen LogP contribution is -2.04. The zero-order valence-electron chi connectivity index (χ0n) is 10.2. The Morgan fingerprint density at radius 1 is 1.00 bits per heavy atom. The molecule has 2 aromatic carbocycles. The molecule has 0 atom stereocenters. The van der Waals surface area contributed by atoms with Gasteiger partial charge >= 0.3 is 0 Å². The fourth-order valence-electron chi connectivity index (χ4n) is 1.66. The molecule has 0 aliphatic heterocycles. The first-order valence-corrected chi connectivity index (χ1v) is 5.84. The van der Waals surface area contributed by atoms with Crippen molar-refractivity contribution in [3.63, 3.8) is 0 Å². The maximum Gasteiger partial charge on any atom is 0.185 e. The third-order valence-electron chi connectivity index (χ3n) is 2.72. The molecule has 0 saturated heterocycles. The molecule has 0 aliphatic carbocycles. The van der Waals surface area contributed by atoms with E-state index in [1.165, 1.54) is 12.1 Å². The first kappa shape index (κ1) is 14.5. The Bertz CT molecular complexity index is 663. The number of nitrogens with two attached hydrogens (primary N) is 1. The highest BCUT2D eigenvalue weighted by atomic mass is 35.5. The summed E-state index contributed by atoms with van der Waals surface area (Å²) in [6.07, 6.45) is 0. The minimum absolute atomic E-state index is 0.138. The van der Waals surface area contributed by atoms with Crippen LogP contribution in [0, 0.1) is 30.2 Å². The lowest BCUT2D eigenvalue weighted by molar-refractivity contribution is 0.459. The van der Waals surface area contributed by atoms with Crippen LogP contribution < -0.4 is 11.1 Å². The maximum absolute atomic E-state index is 13.5. The van der Waals surface area contributed by atoms with Crippen molar-refractivity contribution in [2.45, 2.75) is 6.92 Å². The molecule has 7 heteroatoms. The summed E-state index contributed by atoms with van der Waals surface area (Å²) in [7, 11) is 0. The second kappa shape index (κ2) is 5.20. The van der Waals surface area contributed by atoms with E-state index in [0.29, 0.717) is 5.56 Å². The number of nitrogens with one attached hydrogen (secondary N) is 1. The quantitative estimate of drug-likeness (QED) is 0.486. The minimum atomic E-state index is -1.52. The van der Waals surface area contributed by atoms with E-state index in [4.69, 9.17) is 17.3 Å². The summed E-state index contributed by atoms with van der Waals surface area (Å²) in [5.74, 6) is -6.02. The Hall–Kier alpha value is -1.95. The normalized spacial score (nSPS) is 10.7. The van der Waals surface area contributed by atoms with Gasteiger partial charge in [-0.1, -0.05) is 11.6 Å². The van der Waals surface area contributed by atoms with Crippen molar-refractivity contribution in [3.05, 3.63) is 52.1 Å². The van der Waals surface area contributed by atoms with E-state index >= 15 is 0 Å². The van der Waals surface area contributed by atoms with Gasteiger partial charge in [0.25, 0.3) is 0 Å². The fraction of sp³-hybridized carbons (Fsp3) is 0.0769. The summed E-state index contributed by atoms with van der Waals surface area (Å²) in [4.78, 5) is 0. The highest BCUT2D eigenvalue weighted by Crippen LogP contribution is 2.32. The van der Waals surface area contributed by atoms with Crippen LogP contribution >= 0.6 is 11.6 Å². The number of halogens is 5. The predicted molar refractivity (Wildman–Crippen MR) is 70.2 cm³/mol. The minimum Gasteiger partial charge on any atom is -0.398 e. The zero-order chi connectivity index (χ0) is 15.0. The van der Waals surface area contributed by atoms with Gasteiger partial charge in [-0.05, 0) is 24.6 Å². The average molecular weight is 305 g/mol. The molecule has 2 nitrogen and oxygen atoms in total. The van der Waals surface area contributed by atoms with E-state index in [-0.39, 0.29) is 22.5 Å². The van der Waals surface area contributed by atoms with Gasteiger partial charge in [0.1, 0.15) is 5.69 Å². The molecule has 0 amide bonds. The summed E-state index contributed by atoms with van der Waals surface area (Å²) in [5.41, 5.74) is 5.61. The van der Waals surface area contributed by atoms with Crippen molar-refractivity contribution >= 4 is 28.7 Å². The number of benzene rings is 2. The molecule has 0 bridgehead atoms. The van der Waals surface area contributed by atoms with Crippen molar-refractivity contribution in [3.8, 4) is 0 Å². The second-order valence-electron chi connectivity index (χ2n) is 4.16. The monoisotopic (exact) mass is 304 g/mol. The molecule has 0 aromatic heterocycles. The largest absolute Gasteiger partial charge is 0.398 e. The topological polar surface area (TPSA) is 38.0 Å². The summed E-state index contributed by atoms with van der Waals surface area (Å²) in [5, 5.41) is 2.44. The number of nitrogen functional groups attached to an aromatic ring is 1. The van der Waals surface area contributed by atoms with Gasteiger partial charge in [-0.2, -0.15) is 0 Å². The van der Waals surface area contributed by atoms with Crippen LogP contribution in [0.15, 0.2) is 18.2 Å². The van der Waals surface area contributed by atoms with Crippen molar-refractivity contribution in [2.24, 2.45) is 0 Å². The van der Waals surface area contributed by atoms with Gasteiger partial charge in [-0.25, -0.2) is 17.6 Å². The Kier molecular flexibility index (Phi) is 3.76. The molecule has 0 unspecified atom stereocenters. The Balaban J connectivity index is 2.53. The van der Waals surface area contributed by atoms with Gasteiger partial charge in [-0.15, -0.1) is 0 Å². The van der Waals surface area contributed by atoms with E-state index in [1.807, 2.05) is 0 Å². The number of anilines is 3. The highest BCUT2D eigenvalue weighted by Gasteiger charge is 2.20. The first-order valence-electron chi connectivity index (χ1n) is 5.47. The molecule has 0 saturated carbocycles. The van der Waals surface area contributed by atoms with Gasteiger partial charge in [-0.3, -0.25) is 0 Å². The van der Waals surface area contributed by atoms with Gasteiger partial charge in [0.05, 0.1) is 10.7 Å². The summed E-state index contributed by atoms with van der Waals surface area (Å²) >= 11 is 5.79. The molecule has 0 spiro atoms. The number of rotatable bonds is 2. The van der Waals surface area contributed by atoms with Crippen LogP contribution in [0.2, 0.25) is 5.02 Å². The van der Waals surface area contributed by atoms with Gasteiger partial charge in [0, 0.05) is 11.8 Å². The van der Waals surface area contributed by atoms with Gasteiger partial charge < -0.3 is 11.1 Å². The Morgan fingerprint density at radius 2 is 1.55 bits per heavy atom. The van der Waals surface area contributed by atoms with Gasteiger partial charge in [0.15, 0.2) is 23.3 Å². The van der Waals surface area contributed by atoms with E-state index < -0.39 is 29.0 Å². The predicted octanol–water partition coefficient (Wildman–Crippen LogP) is 4.53.